The van der Waals surface area contributed by atoms with Crippen molar-refractivity contribution >= 4 is 5.97 Å². The van der Waals surface area contributed by atoms with Gasteiger partial charge >= 0.3 is 5.97 Å². The molecule has 0 unspecified atom stereocenters. The minimum absolute atomic E-state index is 0.191. The van der Waals surface area contributed by atoms with E-state index in [-0.39, 0.29) is 5.97 Å². The zero-order chi connectivity index (χ0) is 11.7. The summed E-state index contributed by atoms with van der Waals surface area (Å²) in [5.41, 5.74) is 0.708. The lowest BCUT2D eigenvalue weighted by molar-refractivity contribution is -0.140. The molecule has 0 aromatic heterocycles. The predicted octanol–water partition coefficient (Wildman–Crippen LogP) is 3.49. The van der Waals surface area contributed by atoms with Gasteiger partial charge in [0, 0.05) is 5.57 Å². The van der Waals surface area contributed by atoms with E-state index in [2.05, 4.69) is 6.08 Å². The summed E-state index contributed by atoms with van der Waals surface area (Å²) in [6, 6.07) is 0. The standard InChI is InChI=1S/C13H22O2/c1-5-6-7-8-9-12(4)13(14)15-10-11(2)3/h5-6,9,11H,7-8,10H2,1-4H3. The zero-order valence-electron chi connectivity index (χ0n) is 10.2. The first-order valence-corrected chi connectivity index (χ1v) is 5.53. The van der Waals surface area contributed by atoms with E-state index in [4.69, 9.17) is 4.74 Å². The van der Waals surface area contributed by atoms with Crippen molar-refractivity contribution in [2.45, 2.75) is 40.5 Å². The maximum absolute atomic E-state index is 11.4. The van der Waals surface area contributed by atoms with Crippen molar-refractivity contribution in [1.82, 2.24) is 0 Å². The van der Waals surface area contributed by atoms with Crippen LogP contribution >= 0.6 is 0 Å². The molecule has 0 aromatic carbocycles. The Morgan fingerprint density at radius 1 is 1.33 bits per heavy atom. The Bertz CT molecular complexity index is 237. The Labute approximate surface area is 93.0 Å². The van der Waals surface area contributed by atoms with Gasteiger partial charge in [0.15, 0.2) is 0 Å². The number of hydrogen-bond acceptors (Lipinski definition) is 2. The monoisotopic (exact) mass is 210 g/mol. The Kier molecular flexibility index (Phi) is 7.69. The molecule has 0 saturated heterocycles. The third-order valence-electron chi connectivity index (χ3n) is 1.89. The summed E-state index contributed by atoms with van der Waals surface area (Å²) in [5, 5.41) is 0. The first kappa shape index (κ1) is 13.9. The molecule has 0 N–H and O–H groups in total. The second kappa shape index (κ2) is 8.27. The van der Waals surface area contributed by atoms with Gasteiger partial charge in [0.2, 0.25) is 0 Å². The molecule has 0 saturated carbocycles. The van der Waals surface area contributed by atoms with Crippen molar-refractivity contribution in [3.05, 3.63) is 23.8 Å². The highest BCUT2D eigenvalue weighted by Crippen LogP contribution is 2.03. The second-order valence-electron chi connectivity index (χ2n) is 4.03. The Morgan fingerprint density at radius 3 is 2.53 bits per heavy atom. The molecule has 0 amide bonds. The Hall–Kier alpha value is -1.05. The van der Waals surface area contributed by atoms with Crippen molar-refractivity contribution in [1.29, 1.82) is 0 Å². The van der Waals surface area contributed by atoms with Crippen LogP contribution in [0.1, 0.15) is 40.5 Å². The Balaban J connectivity index is 3.86. The summed E-state index contributed by atoms with van der Waals surface area (Å²) in [5.74, 6) is 0.203. The summed E-state index contributed by atoms with van der Waals surface area (Å²) < 4.78 is 5.10. The Morgan fingerprint density at radius 2 is 2.00 bits per heavy atom. The molecule has 0 atom stereocenters. The van der Waals surface area contributed by atoms with Gasteiger partial charge in [-0.2, -0.15) is 0 Å². The molecule has 86 valence electrons. The van der Waals surface area contributed by atoms with Gasteiger partial charge < -0.3 is 4.74 Å². The molecule has 0 aliphatic rings. The fraction of sp³-hybridized carbons (Fsp3) is 0.615. The van der Waals surface area contributed by atoms with E-state index < -0.39 is 0 Å². The summed E-state index contributed by atoms with van der Waals surface area (Å²) in [4.78, 5) is 11.4. The fourth-order valence-electron chi connectivity index (χ4n) is 1.00. The normalized spacial score (nSPS) is 12.5. The minimum atomic E-state index is -0.191. The zero-order valence-corrected chi connectivity index (χ0v) is 10.2. The van der Waals surface area contributed by atoms with Crippen LogP contribution in [0.4, 0.5) is 0 Å². The summed E-state index contributed by atoms with van der Waals surface area (Å²) in [6.45, 7) is 8.35. The van der Waals surface area contributed by atoms with Crippen LogP contribution in [0.15, 0.2) is 23.8 Å². The van der Waals surface area contributed by atoms with Crippen molar-refractivity contribution in [3.8, 4) is 0 Å². The maximum atomic E-state index is 11.4. The molecule has 0 aromatic rings. The molecule has 2 nitrogen and oxygen atoms in total. The van der Waals surface area contributed by atoms with Crippen LogP contribution in [0.3, 0.4) is 0 Å². The molecular weight excluding hydrogens is 188 g/mol. The smallest absolute Gasteiger partial charge is 0.333 e. The van der Waals surface area contributed by atoms with Crippen molar-refractivity contribution in [3.63, 3.8) is 0 Å². The van der Waals surface area contributed by atoms with Crippen molar-refractivity contribution in [2.24, 2.45) is 5.92 Å². The first-order chi connectivity index (χ1) is 7.07. The third kappa shape index (κ3) is 7.98. The second-order valence-corrected chi connectivity index (χ2v) is 4.03. The SMILES string of the molecule is CC=CCCC=C(C)C(=O)OCC(C)C. The first-order valence-electron chi connectivity index (χ1n) is 5.53. The van der Waals surface area contributed by atoms with E-state index in [1.54, 1.807) is 6.92 Å². The molecular formula is C13H22O2. The average Bonchev–Trinajstić information content (AvgIpc) is 2.20. The molecule has 2 heteroatoms. The topological polar surface area (TPSA) is 26.3 Å². The van der Waals surface area contributed by atoms with Crippen LogP contribution in [0, 0.1) is 5.92 Å². The number of esters is 1. The van der Waals surface area contributed by atoms with Gasteiger partial charge in [-0.1, -0.05) is 32.1 Å². The molecule has 0 rings (SSSR count). The summed E-state index contributed by atoms with van der Waals surface area (Å²) in [7, 11) is 0. The number of unbranched alkanes of at least 4 members (excludes halogenated alkanes) is 1. The molecule has 0 radical (unpaired) electrons. The highest BCUT2D eigenvalue weighted by atomic mass is 16.5. The number of allylic oxidation sites excluding steroid dienone is 3. The number of ether oxygens (including phenoxy) is 1. The van der Waals surface area contributed by atoms with Gasteiger partial charge in [0.1, 0.15) is 0 Å². The van der Waals surface area contributed by atoms with Gasteiger partial charge in [0.25, 0.3) is 0 Å². The maximum Gasteiger partial charge on any atom is 0.333 e. The third-order valence-corrected chi connectivity index (χ3v) is 1.89. The summed E-state index contributed by atoms with van der Waals surface area (Å²) in [6.07, 6.45) is 7.91. The van der Waals surface area contributed by atoms with Gasteiger partial charge in [0.05, 0.1) is 6.61 Å². The molecule has 0 spiro atoms. The summed E-state index contributed by atoms with van der Waals surface area (Å²) >= 11 is 0. The number of hydrogen-bond donors (Lipinski definition) is 0. The molecule has 0 aliphatic heterocycles. The fourth-order valence-corrected chi connectivity index (χ4v) is 1.00. The molecule has 0 heterocycles. The quantitative estimate of drug-likeness (QED) is 0.290. The lowest BCUT2D eigenvalue weighted by Crippen LogP contribution is -2.10. The predicted molar refractivity (Wildman–Crippen MR) is 63.6 cm³/mol. The van der Waals surface area contributed by atoms with Crippen LogP contribution in [0.2, 0.25) is 0 Å². The van der Waals surface area contributed by atoms with Gasteiger partial charge in [-0.05, 0) is 32.6 Å². The highest BCUT2D eigenvalue weighted by molar-refractivity contribution is 5.87. The van der Waals surface area contributed by atoms with E-state index in [0.717, 1.165) is 12.8 Å². The minimum Gasteiger partial charge on any atom is -0.462 e. The van der Waals surface area contributed by atoms with E-state index in [9.17, 15) is 4.79 Å². The number of carbonyl (C=O) groups excluding carboxylic acids is 1. The molecule has 0 aliphatic carbocycles. The van der Waals surface area contributed by atoms with Crippen LogP contribution < -0.4 is 0 Å². The van der Waals surface area contributed by atoms with Crippen LogP contribution in [0.25, 0.3) is 0 Å². The van der Waals surface area contributed by atoms with Crippen molar-refractivity contribution in [2.75, 3.05) is 6.61 Å². The van der Waals surface area contributed by atoms with E-state index >= 15 is 0 Å². The average molecular weight is 210 g/mol. The number of carbonyl (C=O) groups is 1. The number of rotatable bonds is 6. The van der Waals surface area contributed by atoms with Crippen LogP contribution in [-0.2, 0) is 9.53 Å². The molecule has 0 fully saturated rings. The van der Waals surface area contributed by atoms with Crippen LogP contribution in [-0.4, -0.2) is 12.6 Å². The van der Waals surface area contributed by atoms with Gasteiger partial charge in [-0.15, -0.1) is 0 Å². The van der Waals surface area contributed by atoms with Crippen LogP contribution in [0.5, 0.6) is 0 Å². The molecule has 15 heavy (non-hydrogen) atoms. The highest BCUT2D eigenvalue weighted by Gasteiger charge is 2.05. The lowest BCUT2D eigenvalue weighted by Gasteiger charge is -2.06. The largest absolute Gasteiger partial charge is 0.462 e. The van der Waals surface area contributed by atoms with Crippen molar-refractivity contribution < 1.29 is 9.53 Å². The van der Waals surface area contributed by atoms with E-state index in [1.165, 1.54) is 0 Å². The van der Waals surface area contributed by atoms with Gasteiger partial charge in [-0.25, -0.2) is 4.79 Å². The molecule has 0 bridgehead atoms. The van der Waals surface area contributed by atoms with E-state index in [1.807, 2.05) is 32.9 Å². The van der Waals surface area contributed by atoms with E-state index in [0.29, 0.717) is 18.1 Å². The van der Waals surface area contributed by atoms with Gasteiger partial charge in [-0.3, -0.25) is 0 Å². The lowest BCUT2D eigenvalue weighted by atomic mass is 10.2.